The van der Waals surface area contributed by atoms with Crippen molar-refractivity contribution < 1.29 is 19.1 Å². The van der Waals surface area contributed by atoms with Gasteiger partial charge in [0.1, 0.15) is 17.6 Å². The molecule has 112 valence electrons. The highest BCUT2D eigenvalue weighted by molar-refractivity contribution is 5.98. The van der Waals surface area contributed by atoms with Gasteiger partial charge < -0.3 is 19.8 Å². The van der Waals surface area contributed by atoms with E-state index in [9.17, 15) is 14.7 Å². The zero-order chi connectivity index (χ0) is 15.6. The molecule has 2 aromatic heterocycles. The number of amides is 1. The smallest absolute Gasteiger partial charge is 0.326 e. The summed E-state index contributed by atoms with van der Waals surface area (Å²) < 4.78 is 5.39. The van der Waals surface area contributed by atoms with Crippen molar-refractivity contribution in [1.82, 2.24) is 15.3 Å². The number of carboxylic acid groups (broad SMARTS) is 1. The van der Waals surface area contributed by atoms with Crippen LogP contribution in [-0.4, -0.2) is 33.0 Å². The molecule has 3 N–H and O–H groups in total. The topological polar surface area (TPSA) is 108 Å². The maximum atomic E-state index is 12.3. The van der Waals surface area contributed by atoms with Crippen LogP contribution in [-0.2, 0) is 11.2 Å². The molecule has 0 aliphatic rings. The third kappa shape index (κ3) is 3.13. The first-order valence-corrected chi connectivity index (χ1v) is 6.47. The van der Waals surface area contributed by atoms with Gasteiger partial charge in [-0.15, -0.1) is 0 Å². The van der Waals surface area contributed by atoms with Crippen molar-refractivity contribution in [3.05, 3.63) is 40.9 Å². The highest BCUT2D eigenvalue weighted by Gasteiger charge is 2.25. The molecule has 2 rings (SSSR count). The van der Waals surface area contributed by atoms with E-state index in [1.807, 2.05) is 0 Å². The predicted octanol–water partition coefficient (Wildman–Crippen LogP) is 1.35. The van der Waals surface area contributed by atoms with Crippen LogP contribution in [0.1, 0.15) is 33.1 Å². The molecule has 0 saturated heterocycles. The van der Waals surface area contributed by atoms with E-state index in [0.717, 1.165) is 5.56 Å². The minimum atomic E-state index is -1.10. The number of aryl methyl sites for hydroxylation is 2. The molecule has 0 aliphatic heterocycles. The average molecular weight is 291 g/mol. The number of rotatable bonds is 5. The van der Waals surface area contributed by atoms with Crippen LogP contribution in [0, 0.1) is 20.8 Å². The number of hydrogen-bond acceptors (Lipinski definition) is 4. The molecular weight excluding hydrogens is 274 g/mol. The molecule has 7 heteroatoms. The van der Waals surface area contributed by atoms with Crippen LogP contribution < -0.4 is 5.32 Å². The third-order valence-corrected chi connectivity index (χ3v) is 3.37. The summed E-state index contributed by atoms with van der Waals surface area (Å²) in [5, 5.41) is 11.8. The number of aliphatic carboxylic acids is 1. The monoisotopic (exact) mass is 291 g/mol. The lowest BCUT2D eigenvalue weighted by Gasteiger charge is -2.13. The van der Waals surface area contributed by atoms with E-state index < -0.39 is 17.9 Å². The number of aromatic nitrogens is 2. The van der Waals surface area contributed by atoms with Gasteiger partial charge in [-0.1, -0.05) is 0 Å². The molecule has 1 atom stereocenters. The minimum absolute atomic E-state index is 0.135. The SMILES string of the molecule is Cc1oc(C)c(C(=O)N[C@H](Cc2cnc[nH]2)C(=O)O)c1C. The lowest BCUT2D eigenvalue weighted by atomic mass is 10.1. The van der Waals surface area contributed by atoms with Gasteiger partial charge >= 0.3 is 5.97 Å². The average Bonchev–Trinajstić information content (AvgIpc) is 2.98. The van der Waals surface area contributed by atoms with Gasteiger partial charge in [0.25, 0.3) is 5.91 Å². The molecule has 0 spiro atoms. The molecule has 0 unspecified atom stereocenters. The normalized spacial score (nSPS) is 12.1. The van der Waals surface area contributed by atoms with Crippen LogP contribution in [0.25, 0.3) is 0 Å². The van der Waals surface area contributed by atoms with Crippen molar-refractivity contribution in [1.29, 1.82) is 0 Å². The number of carbonyl (C=O) groups excluding carboxylic acids is 1. The molecule has 0 saturated carbocycles. The number of nitrogens with zero attached hydrogens (tertiary/aromatic N) is 1. The second-order valence-electron chi connectivity index (χ2n) is 4.86. The van der Waals surface area contributed by atoms with Crippen molar-refractivity contribution in [2.45, 2.75) is 33.2 Å². The summed E-state index contributed by atoms with van der Waals surface area (Å²) in [5.41, 5.74) is 1.75. The van der Waals surface area contributed by atoms with Gasteiger partial charge in [-0.2, -0.15) is 0 Å². The number of imidazole rings is 1. The summed E-state index contributed by atoms with van der Waals surface area (Å²) >= 11 is 0. The highest BCUT2D eigenvalue weighted by Crippen LogP contribution is 2.20. The van der Waals surface area contributed by atoms with Gasteiger partial charge in [0, 0.05) is 23.9 Å². The number of nitrogens with one attached hydrogen (secondary N) is 2. The van der Waals surface area contributed by atoms with Gasteiger partial charge in [0.05, 0.1) is 11.9 Å². The fraction of sp³-hybridized carbons (Fsp3) is 0.357. The van der Waals surface area contributed by atoms with Crippen molar-refractivity contribution in [2.24, 2.45) is 0 Å². The quantitative estimate of drug-likeness (QED) is 0.770. The van der Waals surface area contributed by atoms with Crippen LogP contribution in [0.5, 0.6) is 0 Å². The van der Waals surface area contributed by atoms with E-state index in [2.05, 4.69) is 15.3 Å². The van der Waals surface area contributed by atoms with Crippen LogP contribution in [0.15, 0.2) is 16.9 Å². The maximum Gasteiger partial charge on any atom is 0.326 e. The standard InChI is InChI=1S/C14H17N3O4/c1-7-8(2)21-9(3)12(7)13(18)17-11(14(19)20)4-10-5-15-6-16-10/h5-6,11H,4H2,1-3H3,(H,15,16)(H,17,18)(H,19,20)/t11-/m1/s1. The molecule has 2 aromatic rings. The predicted molar refractivity (Wildman–Crippen MR) is 74.1 cm³/mol. The number of carboxylic acids is 1. The summed E-state index contributed by atoms with van der Waals surface area (Å²) in [7, 11) is 0. The zero-order valence-electron chi connectivity index (χ0n) is 12.1. The Kier molecular flexibility index (Phi) is 4.11. The maximum absolute atomic E-state index is 12.3. The Morgan fingerprint density at radius 3 is 2.57 bits per heavy atom. The van der Waals surface area contributed by atoms with Crippen molar-refractivity contribution >= 4 is 11.9 Å². The van der Waals surface area contributed by atoms with E-state index in [0.29, 0.717) is 22.8 Å². The summed E-state index contributed by atoms with van der Waals surface area (Å²) in [5.74, 6) is -0.423. The van der Waals surface area contributed by atoms with Crippen LogP contribution in [0.2, 0.25) is 0 Å². The summed E-state index contributed by atoms with van der Waals surface area (Å²) in [6, 6.07) is -1.04. The second kappa shape index (κ2) is 5.82. The van der Waals surface area contributed by atoms with Gasteiger partial charge in [-0.25, -0.2) is 9.78 Å². The molecule has 21 heavy (non-hydrogen) atoms. The Balaban J connectivity index is 2.17. The second-order valence-corrected chi connectivity index (χ2v) is 4.86. The molecule has 7 nitrogen and oxygen atoms in total. The summed E-state index contributed by atoms with van der Waals surface area (Å²) in [4.78, 5) is 30.2. The molecule has 0 aromatic carbocycles. The van der Waals surface area contributed by atoms with E-state index in [1.54, 1.807) is 20.8 Å². The van der Waals surface area contributed by atoms with Gasteiger partial charge in [0.2, 0.25) is 0 Å². The van der Waals surface area contributed by atoms with Gasteiger partial charge in [-0.05, 0) is 20.8 Å². The van der Waals surface area contributed by atoms with Crippen molar-refractivity contribution in [2.75, 3.05) is 0 Å². The van der Waals surface area contributed by atoms with E-state index >= 15 is 0 Å². The first-order chi connectivity index (χ1) is 9.90. The number of H-pyrrole nitrogens is 1. The fourth-order valence-corrected chi connectivity index (χ4v) is 2.17. The Morgan fingerprint density at radius 2 is 2.10 bits per heavy atom. The Labute approximate surface area is 121 Å². The third-order valence-electron chi connectivity index (χ3n) is 3.37. The molecule has 0 aliphatic carbocycles. The molecule has 0 bridgehead atoms. The van der Waals surface area contributed by atoms with Crippen molar-refractivity contribution in [3.8, 4) is 0 Å². The number of carbonyl (C=O) groups is 2. The number of furan rings is 1. The first kappa shape index (κ1) is 14.8. The lowest BCUT2D eigenvalue weighted by molar-refractivity contribution is -0.139. The number of hydrogen-bond donors (Lipinski definition) is 3. The van der Waals surface area contributed by atoms with Crippen molar-refractivity contribution in [3.63, 3.8) is 0 Å². The Bertz CT molecular complexity index is 658. The van der Waals surface area contributed by atoms with E-state index in [4.69, 9.17) is 4.42 Å². The first-order valence-electron chi connectivity index (χ1n) is 6.47. The summed E-state index contributed by atoms with van der Waals surface area (Å²) in [6.07, 6.45) is 3.13. The Hall–Kier alpha value is -2.57. The zero-order valence-corrected chi connectivity index (χ0v) is 12.1. The molecule has 0 fully saturated rings. The molecule has 1 amide bonds. The van der Waals surface area contributed by atoms with Crippen LogP contribution in [0.4, 0.5) is 0 Å². The summed E-state index contributed by atoms with van der Waals surface area (Å²) in [6.45, 7) is 5.21. The molecular formula is C14H17N3O4. The van der Waals surface area contributed by atoms with E-state index in [-0.39, 0.29) is 6.42 Å². The minimum Gasteiger partial charge on any atom is -0.480 e. The lowest BCUT2D eigenvalue weighted by Crippen LogP contribution is -2.42. The molecule has 0 radical (unpaired) electrons. The molecule has 2 heterocycles. The Morgan fingerprint density at radius 1 is 1.38 bits per heavy atom. The van der Waals surface area contributed by atoms with Crippen LogP contribution >= 0.6 is 0 Å². The number of aromatic amines is 1. The highest BCUT2D eigenvalue weighted by atomic mass is 16.4. The fourth-order valence-electron chi connectivity index (χ4n) is 2.17. The largest absolute Gasteiger partial charge is 0.480 e. The van der Waals surface area contributed by atoms with E-state index in [1.165, 1.54) is 12.5 Å². The van der Waals surface area contributed by atoms with Crippen LogP contribution in [0.3, 0.4) is 0 Å². The van der Waals surface area contributed by atoms with Gasteiger partial charge in [0.15, 0.2) is 0 Å². The van der Waals surface area contributed by atoms with Gasteiger partial charge in [-0.3, -0.25) is 4.79 Å².